The number of amides is 1. The third-order valence-electron chi connectivity index (χ3n) is 4.08. The van der Waals surface area contributed by atoms with E-state index in [0.717, 1.165) is 11.0 Å². The molecule has 1 aromatic heterocycles. The molecule has 0 saturated carbocycles. The number of fused-ring (bicyclic) bond motifs is 1. The van der Waals surface area contributed by atoms with Crippen LogP contribution in [0.5, 0.6) is 0 Å². The van der Waals surface area contributed by atoms with Crippen molar-refractivity contribution < 1.29 is 9.72 Å². The number of aromatic nitrogens is 2. The molecule has 134 valence electrons. The number of nitrogens with zero attached hydrogens (tertiary/aromatic N) is 3. The second-order valence-corrected chi connectivity index (χ2v) is 6.19. The van der Waals surface area contributed by atoms with Crippen LogP contribution in [0.3, 0.4) is 0 Å². The molecule has 1 unspecified atom stereocenters. The molecule has 2 aromatic carbocycles. The summed E-state index contributed by atoms with van der Waals surface area (Å²) in [6.07, 6.45) is 0. The van der Waals surface area contributed by atoms with Crippen LogP contribution in [0.2, 0.25) is 0 Å². The summed E-state index contributed by atoms with van der Waals surface area (Å²) in [6.45, 7) is 1.81. The number of nitrogens with one attached hydrogen (secondary N) is 2. The molecule has 1 atom stereocenters. The van der Waals surface area contributed by atoms with Gasteiger partial charge in [0, 0.05) is 31.9 Å². The monoisotopic (exact) mass is 353 g/mol. The Bertz CT molecular complexity index is 947. The number of hydrogen-bond donors (Lipinski definition) is 2. The van der Waals surface area contributed by atoms with Gasteiger partial charge in [0.25, 0.3) is 11.6 Å². The molecular weight excluding hydrogens is 334 g/mol. The molecule has 0 aliphatic heterocycles. The van der Waals surface area contributed by atoms with Crippen molar-refractivity contribution >= 4 is 28.3 Å². The minimum Gasteiger partial charge on any atom is -0.377 e. The Balaban J connectivity index is 1.88. The van der Waals surface area contributed by atoms with Crippen LogP contribution >= 0.6 is 0 Å². The number of carbonyl (C=O) groups excluding carboxylic acids is 1. The highest BCUT2D eigenvalue weighted by molar-refractivity contribution is 6.00. The maximum atomic E-state index is 12.7. The Labute approximate surface area is 150 Å². The number of hydrogen-bond acceptors (Lipinski definition) is 5. The Morgan fingerprint density at radius 3 is 2.65 bits per heavy atom. The summed E-state index contributed by atoms with van der Waals surface area (Å²) in [5.74, 6) is 0.224. The van der Waals surface area contributed by atoms with E-state index in [1.54, 1.807) is 25.1 Å². The molecule has 8 heteroatoms. The van der Waals surface area contributed by atoms with Gasteiger partial charge in [-0.05, 0) is 25.1 Å². The summed E-state index contributed by atoms with van der Waals surface area (Å²) in [4.78, 5) is 32.7. The molecule has 0 saturated heterocycles. The van der Waals surface area contributed by atoms with Crippen molar-refractivity contribution in [2.75, 3.05) is 19.0 Å². The van der Waals surface area contributed by atoms with Gasteiger partial charge in [0.1, 0.15) is 5.82 Å². The molecule has 0 bridgehead atoms. The number of H-pyrrole nitrogens is 1. The van der Waals surface area contributed by atoms with Crippen LogP contribution in [0, 0.1) is 10.1 Å². The van der Waals surface area contributed by atoms with E-state index in [-0.39, 0.29) is 17.3 Å². The summed E-state index contributed by atoms with van der Waals surface area (Å²) in [5, 5.41) is 13.9. The minimum atomic E-state index is -0.515. The zero-order valence-electron chi connectivity index (χ0n) is 14.7. The first kappa shape index (κ1) is 17.4. The third kappa shape index (κ3) is 3.34. The first-order valence-corrected chi connectivity index (χ1v) is 8.08. The maximum absolute atomic E-state index is 12.7. The van der Waals surface area contributed by atoms with Crippen LogP contribution in [0.15, 0.2) is 42.5 Å². The van der Waals surface area contributed by atoms with Crippen molar-refractivity contribution in [3.05, 3.63) is 64.0 Å². The molecule has 1 heterocycles. The van der Waals surface area contributed by atoms with Crippen LogP contribution in [0.1, 0.15) is 29.1 Å². The fourth-order valence-corrected chi connectivity index (χ4v) is 2.73. The first-order valence-electron chi connectivity index (χ1n) is 8.08. The quantitative estimate of drug-likeness (QED) is 0.542. The number of nitro benzene ring substituents is 1. The van der Waals surface area contributed by atoms with E-state index in [9.17, 15) is 14.9 Å². The maximum Gasteiger partial charge on any atom is 0.270 e. The van der Waals surface area contributed by atoms with E-state index in [1.807, 2.05) is 31.2 Å². The number of para-hydroxylation sites is 2. The van der Waals surface area contributed by atoms with Crippen LogP contribution in [0.25, 0.3) is 11.0 Å². The summed E-state index contributed by atoms with van der Waals surface area (Å²) < 4.78 is 0. The van der Waals surface area contributed by atoms with E-state index >= 15 is 0 Å². The van der Waals surface area contributed by atoms with E-state index < -0.39 is 10.8 Å². The zero-order chi connectivity index (χ0) is 18.8. The topological polar surface area (TPSA) is 104 Å². The standard InChI is InChI=1S/C18H19N5O3/c1-11(17-20-14-6-4-5-7-15(14)21-17)19-18(24)13-10-12(23(25)26)8-9-16(13)22(2)3/h4-11H,1-3H3,(H,19,24)(H,20,21). The number of anilines is 1. The fourth-order valence-electron chi connectivity index (χ4n) is 2.73. The van der Waals surface area contributed by atoms with E-state index in [2.05, 4.69) is 15.3 Å². The predicted octanol–water partition coefficient (Wildman–Crippen LogP) is 3.03. The van der Waals surface area contributed by atoms with Crippen molar-refractivity contribution in [1.29, 1.82) is 0 Å². The average Bonchev–Trinajstić information content (AvgIpc) is 3.05. The summed E-state index contributed by atoms with van der Waals surface area (Å²) in [5.41, 5.74) is 2.41. The molecule has 1 amide bonds. The van der Waals surface area contributed by atoms with Crippen molar-refractivity contribution in [1.82, 2.24) is 15.3 Å². The highest BCUT2D eigenvalue weighted by Crippen LogP contribution is 2.25. The highest BCUT2D eigenvalue weighted by Gasteiger charge is 2.21. The summed E-state index contributed by atoms with van der Waals surface area (Å²) in [6, 6.07) is 11.4. The van der Waals surface area contributed by atoms with Crippen LogP contribution < -0.4 is 10.2 Å². The molecule has 2 N–H and O–H groups in total. The molecule has 0 aliphatic carbocycles. The number of rotatable bonds is 5. The molecule has 8 nitrogen and oxygen atoms in total. The predicted molar refractivity (Wildman–Crippen MR) is 99.4 cm³/mol. The number of nitro groups is 1. The van der Waals surface area contributed by atoms with Crippen LogP contribution in [-0.4, -0.2) is 34.9 Å². The third-order valence-corrected chi connectivity index (χ3v) is 4.08. The van der Waals surface area contributed by atoms with E-state index in [4.69, 9.17) is 0 Å². The molecule has 3 aromatic rings. The first-order chi connectivity index (χ1) is 12.4. The van der Waals surface area contributed by atoms with Crippen LogP contribution in [0.4, 0.5) is 11.4 Å². The van der Waals surface area contributed by atoms with E-state index in [1.165, 1.54) is 12.1 Å². The molecule has 0 fully saturated rings. The zero-order valence-corrected chi connectivity index (χ0v) is 14.7. The van der Waals surface area contributed by atoms with Crippen molar-refractivity contribution in [2.45, 2.75) is 13.0 Å². The molecular formula is C18H19N5O3. The van der Waals surface area contributed by atoms with Gasteiger partial charge in [-0.3, -0.25) is 14.9 Å². The number of imidazole rings is 1. The Kier molecular flexibility index (Phi) is 4.57. The van der Waals surface area contributed by atoms with Crippen molar-refractivity contribution in [3.63, 3.8) is 0 Å². The molecule has 3 rings (SSSR count). The fraction of sp³-hybridized carbons (Fsp3) is 0.222. The van der Waals surface area contributed by atoms with Crippen molar-refractivity contribution in [3.8, 4) is 0 Å². The number of benzene rings is 2. The molecule has 0 radical (unpaired) electrons. The van der Waals surface area contributed by atoms with Gasteiger partial charge in [-0.2, -0.15) is 0 Å². The smallest absolute Gasteiger partial charge is 0.270 e. The summed E-state index contributed by atoms with van der Waals surface area (Å²) >= 11 is 0. The lowest BCUT2D eigenvalue weighted by atomic mass is 10.1. The lowest BCUT2D eigenvalue weighted by Crippen LogP contribution is -2.29. The second kappa shape index (κ2) is 6.83. The lowest BCUT2D eigenvalue weighted by molar-refractivity contribution is -0.384. The SMILES string of the molecule is CC(NC(=O)c1cc([N+](=O)[O-])ccc1N(C)C)c1nc2ccccc2[nH]1. The van der Waals surface area contributed by atoms with Gasteiger partial charge in [0.2, 0.25) is 0 Å². The summed E-state index contributed by atoms with van der Waals surface area (Å²) in [7, 11) is 3.56. The normalized spacial score (nSPS) is 12.0. The number of non-ortho nitro benzene ring substituents is 1. The van der Waals surface area contributed by atoms with Gasteiger partial charge >= 0.3 is 0 Å². The van der Waals surface area contributed by atoms with Gasteiger partial charge in [-0.15, -0.1) is 0 Å². The lowest BCUT2D eigenvalue weighted by Gasteiger charge is -2.18. The Morgan fingerprint density at radius 1 is 1.27 bits per heavy atom. The number of carbonyl (C=O) groups is 1. The Morgan fingerprint density at radius 2 is 2.00 bits per heavy atom. The second-order valence-electron chi connectivity index (χ2n) is 6.19. The van der Waals surface area contributed by atoms with Crippen LogP contribution in [-0.2, 0) is 0 Å². The average molecular weight is 353 g/mol. The number of aromatic amines is 1. The Hall–Kier alpha value is -3.42. The van der Waals surface area contributed by atoms with E-state index in [0.29, 0.717) is 11.5 Å². The minimum absolute atomic E-state index is 0.128. The van der Waals surface area contributed by atoms with Gasteiger partial charge in [0.05, 0.1) is 27.6 Å². The molecule has 26 heavy (non-hydrogen) atoms. The molecule has 0 spiro atoms. The van der Waals surface area contributed by atoms with Gasteiger partial charge in [0.15, 0.2) is 0 Å². The molecule has 0 aliphatic rings. The van der Waals surface area contributed by atoms with Crippen molar-refractivity contribution in [2.24, 2.45) is 0 Å². The van der Waals surface area contributed by atoms with Gasteiger partial charge < -0.3 is 15.2 Å². The van der Waals surface area contributed by atoms with Gasteiger partial charge in [-0.25, -0.2) is 4.98 Å². The largest absolute Gasteiger partial charge is 0.377 e. The highest BCUT2D eigenvalue weighted by atomic mass is 16.6. The van der Waals surface area contributed by atoms with Gasteiger partial charge in [-0.1, -0.05) is 12.1 Å².